The van der Waals surface area contributed by atoms with Crippen LogP contribution in [0.2, 0.25) is 0 Å². The number of allylic oxidation sites excluding steroid dienone is 1. The van der Waals surface area contributed by atoms with E-state index in [4.69, 9.17) is 4.74 Å². The Hall–Kier alpha value is -1.12. The number of carbonyl (C=O) groups is 2. The molecule has 0 bridgehead atoms. The molecule has 0 aliphatic heterocycles. The first-order valence-corrected chi connectivity index (χ1v) is 15.0. The van der Waals surface area contributed by atoms with Crippen LogP contribution in [-0.4, -0.2) is 18.4 Å². The summed E-state index contributed by atoms with van der Waals surface area (Å²) >= 11 is 0. The summed E-state index contributed by atoms with van der Waals surface area (Å²) in [4.78, 5) is 22.8. The number of hydrogen-bond acceptors (Lipinski definition) is 3. The maximum absolute atomic E-state index is 12.2. The lowest BCUT2D eigenvalue weighted by Gasteiger charge is -2.58. The molecule has 3 fully saturated rings. The molecule has 3 nitrogen and oxygen atoms in total. The minimum absolute atomic E-state index is 0.0333. The van der Waals surface area contributed by atoms with E-state index in [0.29, 0.717) is 30.1 Å². The van der Waals surface area contributed by atoms with E-state index in [-0.39, 0.29) is 12.1 Å². The molecule has 0 radical (unpaired) electrons. The van der Waals surface area contributed by atoms with Gasteiger partial charge in [0.25, 0.3) is 0 Å². The Bertz CT molecular complexity index is 784. The van der Waals surface area contributed by atoms with Crippen LogP contribution in [-0.2, 0) is 14.3 Å². The van der Waals surface area contributed by atoms with Crippen molar-refractivity contribution in [3.8, 4) is 0 Å². The second-order valence-electron chi connectivity index (χ2n) is 13.7. The van der Waals surface area contributed by atoms with Crippen molar-refractivity contribution >= 4 is 12.3 Å². The lowest BCUT2D eigenvalue weighted by Crippen LogP contribution is -2.51. The molecule has 0 unspecified atom stereocenters. The summed E-state index contributed by atoms with van der Waals surface area (Å²) in [6, 6.07) is 0. The van der Waals surface area contributed by atoms with Gasteiger partial charge in [-0.25, -0.2) is 0 Å². The molecule has 4 aliphatic rings. The molecule has 198 valence electrons. The van der Waals surface area contributed by atoms with Crippen LogP contribution >= 0.6 is 0 Å². The van der Waals surface area contributed by atoms with E-state index >= 15 is 0 Å². The Balaban J connectivity index is 1.39. The second kappa shape index (κ2) is 11.1. The normalized spacial score (nSPS) is 39.3. The fourth-order valence-electron chi connectivity index (χ4n) is 9.33. The van der Waals surface area contributed by atoms with Crippen LogP contribution in [0.4, 0.5) is 0 Å². The molecular formula is C32H52O3. The van der Waals surface area contributed by atoms with Crippen LogP contribution in [0.5, 0.6) is 0 Å². The Labute approximate surface area is 215 Å². The van der Waals surface area contributed by atoms with Gasteiger partial charge in [-0.15, -0.1) is 0 Å². The van der Waals surface area contributed by atoms with E-state index in [1.807, 2.05) is 0 Å². The van der Waals surface area contributed by atoms with Crippen LogP contribution in [0.25, 0.3) is 0 Å². The third-order valence-electron chi connectivity index (χ3n) is 11.3. The molecule has 8 atom stereocenters. The number of aldehydes is 1. The smallest absolute Gasteiger partial charge is 0.306 e. The zero-order valence-corrected chi connectivity index (χ0v) is 23.3. The first-order chi connectivity index (χ1) is 16.7. The minimum Gasteiger partial charge on any atom is -0.462 e. The highest BCUT2D eigenvalue weighted by atomic mass is 16.5. The van der Waals surface area contributed by atoms with Gasteiger partial charge in [0.15, 0.2) is 0 Å². The van der Waals surface area contributed by atoms with Gasteiger partial charge >= 0.3 is 5.97 Å². The van der Waals surface area contributed by atoms with Crippen molar-refractivity contribution in [2.24, 2.45) is 46.3 Å². The highest BCUT2D eigenvalue weighted by Gasteiger charge is 2.59. The van der Waals surface area contributed by atoms with Crippen LogP contribution in [0.3, 0.4) is 0 Å². The molecule has 0 heterocycles. The Morgan fingerprint density at radius 2 is 1.86 bits per heavy atom. The number of ether oxygens (including phenoxy) is 1. The van der Waals surface area contributed by atoms with Crippen molar-refractivity contribution in [1.82, 2.24) is 0 Å². The summed E-state index contributed by atoms with van der Waals surface area (Å²) in [5.74, 6) is 5.02. The highest BCUT2D eigenvalue weighted by molar-refractivity contribution is 5.70. The number of esters is 1. The van der Waals surface area contributed by atoms with Gasteiger partial charge in [-0.2, -0.15) is 0 Å². The topological polar surface area (TPSA) is 43.4 Å². The molecule has 3 heteroatoms. The second-order valence-corrected chi connectivity index (χ2v) is 13.7. The van der Waals surface area contributed by atoms with Gasteiger partial charge in [0, 0.05) is 19.3 Å². The molecule has 0 aromatic carbocycles. The maximum Gasteiger partial charge on any atom is 0.306 e. The standard InChI is InChI=1S/C32H52O3/c1-22(2)9-8-10-23(3)27-14-15-28-26-13-12-24-21-25(35-30(34)11-6-7-20-33)16-18-31(24,4)29(26)17-19-32(27,28)5/h12,20,22-23,25-29H,6-11,13-19,21H2,1-5H3/t23-,25+,26+,27-,28+,29+,31+,32-/m1/s1. The highest BCUT2D eigenvalue weighted by Crippen LogP contribution is 2.67. The molecule has 0 aromatic rings. The number of hydrogen-bond donors (Lipinski definition) is 0. The van der Waals surface area contributed by atoms with Gasteiger partial charge in [-0.1, -0.05) is 65.5 Å². The van der Waals surface area contributed by atoms with Gasteiger partial charge in [-0.05, 0) is 97.7 Å². The predicted molar refractivity (Wildman–Crippen MR) is 143 cm³/mol. The van der Waals surface area contributed by atoms with Crippen LogP contribution in [0.15, 0.2) is 11.6 Å². The number of fused-ring (bicyclic) bond motifs is 5. The lowest BCUT2D eigenvalue weighted by molar-refractivity contribution is -0.151. The van der Waals surface area contributed by atoms with E-state index < -0.39 is 0 Å². The van der Waals surface area contributed by atoms with Crippen molar-refractivity contribution in [2.75, 3.05) is 0 Å². The van der Waals surface area contributed by atoms with Crippen molar-refractivity contribution in [1.29, 1.82) is 0 Å². The van der Waals surface area contributed by atoms with Crippen molar-refractivity contribution in [2.45, 2.75) is 131 Å². The average molecular weight is 485 g/mol. The first kappa shape index (κ1) is 26.9. The number of unbranched alkanes of at least 4 members (excludes halogenated alkanes) is 1. The van der Waals surface area contributed by atoms with E-state index in [9.17, 15) is 9.59 Å². The van der Waals surface area contributed by atoms with Gasteiger partial charge < -0.3 is 9.53 Å². The molecule has 0 N–H and O–H groups in total. The summed E-state index contributed by atoms with van der Waals surface area (Å²) in [5, 5.41) is 0. The molecular weight excluding hydrogens is 432 g/mol. The van der Waals surface area contributed by atoms with E-state index in [2.05, 4.69) is 40.7 Å². The third-order valence-corrected chi connectivity index (χ3v) is 11.3. The molecule has 0 aromatic heterocycles. The molecule has 3 saturated carbocycles. The fraction of sp³-hybridized carbons (Fsp3) is 0.875. The monoisotopic (exact) mass is 484 g/mol. The van der Waals surface area contributed by atoms with Gasteiger partial charge in [0.05, 0.1) is 0 Å². The van der Waals surface area contributed by atoms with Gasteiger partial charge in [0.2, 0.25) is 0 Å². The van der Waals surface area contributed by atoms with Gasteiger partial charge in [0.1, 0.15) is 12.4 Å². The molecule has 0 saturated heterocycles. The molecule has 0 spiro atoms. The quantitative estimate of drug-likeness (QED) is 0.135. The average Bonchev–Trinajstić information content (AvgIpc) is 3.16. The van der Waals surface area contributed by atoms with Crippen molar-refractivity contribution in [3.63, 3.8) is 0 Å². The van der Waals surface area contributed by atoms with E-state index in [1.165, 1.54) is 51.4 Å². The van der Waals surface area contributed by atoms with Crippen LogP contribution in [0.1, 0.15) is 125 Å². The van der Waals surface area contributed by atoms with Gasteiger partial charge in [-0.3, -0.25) is 4.79 Å². The Morgan fingerprint density at radius 3 is 2.60 bits per heavy atom. The molecule has 4 rings (SSSR count). The molecule has 35 heavy (non-hydrogen) atoms. The number of rotatable bonds is 10. The number of carbonyl (C=O) groups excluding carboxylic acids is 2. The zero-order valence-electron chi connectivity index (χ0n) is 23.3. The fourth-order valence-corrected chi connectivity index (χ4v) is 9.33. The molecule has 4 aliphatic carbocycles. The SMILES string of the molecule is CC(C)CCC[C@@H](C)[C@H]1CC[C@H]2[C@@H]3CC=C4C[C@@H](OC(=O)CCCC=O)CC[C@]4(C)[C@H]3CC[C@]12C. The minimum atomic E-state index is -0.123. The van der Waals surface area contributed by atoms with E-state index in [0.717, 1.165) is 61.1 Å². The van der Waals surface area contributed by atoms with Crippen molar-refractivity contribution in [3.05, 3.63) is 11.6 Å². The summed E-state index contributed by atoms with van der Waals surface area (Å²) in [6.45, 7) is 12.5. The summed E-state index contributed by atoms with van der Waals surface area (Å²) in [7, 11) is 0. The molecule has 0 amide bonds. The maximum atomic E-state index is 12.2. The predicted octanol–water partition coefficient (Wildman–Crippen LogP) is 8.31. The Kier molecular flexibility index (Phi) is 8.54. The summed E-state index contributed by atoms with van der Waals surface area (Å²) in [5.41, 5.74) is 2.41. The largest absolute Gasteiger partial charge is 0.462 e. The third kappa shape index (κ3) is 5.45. The lowest BCUT2D eigenvalue weighted by atomic mass is 9.47. The first-order valence-electron chi connectivity index (χ1n) is 15.0. The van der Waals surface area contributed by atoms with Crippen LogP contribution in [0, 0.1) is 46.3 Å². The van der Waals surface area contributed by atoms with E-state index in [1.54, 1.807) is 5.57 Å². The summed E-state index contributed by atoms with van der Waals surface area (Å²) in [6.07, 6.45) is 19.1. The summed E-state index contributed by atoms with van der Waals surface area (Å²) < 4.78 is 5.84. The zero-order chi connectivity index (χ0) is 25.2. The van der Waals surface area contributed by atoms with Crippen LogP contribution < -0.4 is 0 Å². The van der Waals surface area contributed by atoms with Crippen molar-refractivity contribution < 1.29 is 14.3 Å². The Morgan fingerprint density at radius 1 is 1.06 bits per heavy atom.